The van der Waals surface area contributed by atoms with Gasteiger partial charge in [0, 0.05) is 32.7 Å². The van der Waals surface area contributed by atoms with E-state index in [0.29, 0.717) is 18.7 Å². The normalized spacial score (nSPS) is 24.3. The van der Waals surface area contributed by atoms with Crippen LogP contribution in [-0.4, -0.2) is 73.8 Å². The van der Waals surface area contributed by atoms with Gasteiger partial charge in [0.05, 0.1) is 30.4 Å². The molecule has 24 heavy (non-hydrogen) atoms. The molecule has 7 nitrogen and oxygen atoms in total. The number of fused-ring (bicyclic) bond motifs is 2. The maximum atomic E-state index is 11.1. The number of nitriles is 1. The molecule has 2 saturated heterocycles. The average molecular weight is 330 g/mol. The fraction of sp³-hybridized carbons (Fsp3) is 0.529. The van der Waals surface area contributed by atoms with Crippen LogP contribution in [0.2, 0.25) is 0 Å². The topological polar surface area (TPSA) is 91.8 Å². The molecule has 0 spiro atoms. The summed E-state index contributed by atoms with van der Waals surface area (Å²) >= 11 is 0. The second-order valence-corrected chi connectivity index (χ2v) is 6.28. The largest absolute Gasteiger partial charge is 0.492 e. The summed E-state index contributed by atoms with van der Waals surface area (Å²) in [5.74, 6) is 0.484. The Morgan fingerprint density at radius 1 is 1.21 bits per heavy atom. The average Bonchev–Trinajstić information content (AvgIpc) is 2.54. The van der Waals surface area contributed by atoms with Gasteiger partial charge in [-0.2, -0.15) is 5.26 Å². The van der Waals surface area contributed by atoms with E-state index >= 15 is 0 Å². The van der Waals surface area contributed by atoms with Crippen LogP contribution in [0.15, 0.2) is 24.3 Å². The third-order valence-electron chi connectivity index (χ3n) is 4.27. The van der Waals surface area contributed by atoms with E-state index in [1.54, 1.807) is 12.1 Å². The van der Waals surface area contributed by atoms with Crippen LogP contribution in [0.3, 0.4) is 0 Å². The summed E-state index contributed by atoms with van der Waals surface area (Å²) in [6.07, 6.45) is 0.235. The fourth-order valence-electron chi connectivity index (χ4n) is 3.31. The van der Waals surface area contributed by atoms with Crippen molar-refractivity contribution in [1.82, 2.24) is 9.80 Å². The van der Waals surface area contributed by atoms with E-state index < -0.39 is 0 Å². The van der Waals surface area contributed by atoms with Gasteiger partial charge in [-0.15, -0.1) is 0 Å². The number of ether oxygens (including phenoxy) is 2. The molecule has 0 saturated carbocycles. The van der Waals surface area contributed by atoms with Gasteiger partial charge in [-0.3, -0.25) is 14.6 Å². The Morgan fingerprint density at radius 2 is 1.83 bits per heavy atom. The Morgan fingerprint density at radius 3 is 2.42 bits per heavy atom. The minimum Gasteiger partial charge on any atom is -0.492 e. The smallest absolute Gasteiger partial charge is 0.231 e. The monoisotopic (exact) mass is 330 g/mol. The lowest BCUT2D eigenvalue weighted by atomic mass is 10.1. The van der Waals surface area contributed by atoms with Crippen molar-refractivity contribution in [2.24, 2.45) is 5.73 Å². The molecule has 2 heterocycles. The Labute approximate surface area is 141 Å². The number of hydrogen-bond acceptors (Lipinski definition) is 6. The fourth-order valence-corrected chi connectivity index (χ4v) is 3.31. The summed E-state index contributed by atoms with van der Waals surface area (Å²) in [6, 6.07) is 9.22. The molecule has 2 bridgehead atoms. The summed E-state index contributed by atoms with van der Waals surface area (Å²) in [7, 11) is 0. The van der Waals surface area contributed by atoms with Gasteiger partial charge in [-0.25, -0.2) is 0 Å². The zero-order valence-electron chi connectivity index (χ0n) is 13.6. The van der Waals surface area contributed by atoms with Crippen LogP contribution in [0.25, 0.3) is 0 Å². The van der Waals surface area contributed by atoms with Crippen LogP contribution < -0.4 is 10.5 Å². The Kier molecular flexibility index (Phi) is 5.30. The van der Waals surface area contributed by atoms with E-state index in [4.69, 9.17) is 20.5 Å². The number of amides is 1. The quantitative estimate of drug-likeness (QED) is 0.777. The van der Waals surface area contributed by atoms with Crippen LogP contribution >= 0.6 is 0 Å². The number of nitrogens with two attached hydrogens (primary N) is 1. The molecule has 0 aromatic heterocycles. The van der Waals surface area contributed by atoms with Crippen molar-refractivity contribution in [2.45, 2.75) is 12.2 Å². The Hall–Kier alpha value is -2.14. The molecule has 0 aliphatic carbocycles. The minimum absolute atomic E-state index is 0.117. The molecule has 7 heteroatoms. The first-order chi connectivity index (χ1) is 11.6. The van der Waals surface area contributed by atoms with Crippen LogP contribution in [0, 0.1) is 11.3 Å². The highest BCUT2D eigenvalue weighted by atomic mass is 16.5. The molecule has 0 radical (unpaired) electrons. The molecule has 1 aromatic carbocycles. The molecule has 3 rings (SSSR count). The van der Waals surface area contributed by atoms with Crippen LogP contribution in [0.1, 0.15) is 5.56 Å². The number of carbonyl (C=O) groups is 1. The first-order valence-corrected chi connectivity index (χ1v) is 8.14. The van der Waals surface area contributed by atoms with Gasteiger partial charge in [0.25, 0.3) is 0 Å². The summed E-state index contributed by atoms with van der Waals surface area (Å²) in [5, 5.41) is 8.78. The van der Waals surface area contributed by atoms with E-state index in [0.717, 1.165) is 38.5 Å². The second kappa shape index (κ2) is 7.62. The van der Waals surface area contributed by atoms with Crippen molar-refractivity contribution in [3.05, 3.63) is 29.8 Å². The van der Waals surface area contributed by atoms with E-state index in [9.17, 15) is 4.79 Å². The Bertz CT molecular complexity index is 599. The number of benzene rings is 1. The molecule has 2 fully saturated rings. The summed E-state index contributed by atoms with van der Waals surface area (Å²) in [4.78, 5) is 15.5. The van der Waals surface area contributed by atoms with Crippen molar-refractivity contribution in [1.29, 1.82) is 5.26 Å². The lowest BCUT2D eigenvalue weighted by molar-refractivity contribution is -0.144. The number of morpholine rings is 2. The number of primary amides is 1. The van der Waals surface area contributed by atoms with Crippen LogP contribution in [-0.2, 0) is 9.53 Å². The maximum Gasteiger partial charge on any atom is 0.231 e. The first-order valence-electron chi connectivity index (χ1n) is 8.14. The zero-order chi connectivity index (χ0) is 16.9. The third kappa shape index (κ3) is 4.45. The number of carbonyl (C=O) groups excluding carboxylic acids is 1. The van der Waals surface area contributed by atoms with Gasteiger partial charge in [-0.05, 0) is 24.3 Å². The zero-order valence-corrected chi connectivity index (χ0v) is 13.6. The van der Waals surface area contributed by atoms with E-state index in [2.05, 4.69) is 15.9 Å². The SMILES string of the molecule is N#Cc1ccc(OCCN2CC3CN(CC(N)=O)CC(C2)O3)cc1. The number of hydrogen-bond donors (Lipinski definition) is 1. The van der Waals surface area contributed by atoms with E-state index in [1.165, 1.54) is 0 Å². The van der Waals surface area contributed by atoms with Crippen molar-refractivity contribution in [2.75, 3.05) is 45.9 Å². The summed E-state index contributed by atoms with van der Waals surface area (Å²) < 4.78 is 11.7. The molecule has 2 aliphatic heterocycles. The van der Waals surface area contributed by atoms with Gasteiger partial charge >= 0.3 is 0 Å². The molecule has 128 valence electrons. The lowest BCUT2D eigenvalue weighted by Gasteiger charge is -2.45. The van der Waals surface area contributed by atoms with Gasteiger partial charge in [0.15, 0.2) is 0 Å². The highest BCUT2D eigenvalue weighted by Gasteiger charge is 2.34. The summed E-state index contributed by atoms with van der Waals surface area (Å²) in [6.45, 7) is 4.88. The van der Waals surface area contributed by atoms with Gasteiger partial charge in [0.1, 0.15) is 12.4 Å². The molecule has 2 aliphatic rings. The predicted octanol–water partition coefficient (Wildman–Crippen LogP) is -0.193. The molecular formula is C17H22N4O3. The molecule has 1 amide bonds. The van der Waals surface area contributed by atoms with Crippen molar-refractivity contribution in [3.8, 4) is 11.8 Å². The second-order valence-electron chi connectivity index (χ2n) is 6.28. The Balaban J connectivity index is 1.43. The van der Waals surface area contributed by atoms with E-state index in [1.807, 2.05) is 12.1 Å². The van der Waals surface area contributed by atoms with E-state index in [-0.39, 0.29) is 18.1 Å². The summed E-state index contributed by atoms with van der Waals surface area (Å²) in [5.41, 5.74) is 5.90. The third-order valence-corrected chi connectivity index (χ3v) is 4.27. The molecule has 1 aromatic rings. The molecule has 2 unspecified atom stereocenters. The molecule has 2 atom stereocenters. The predicted molar refractivity (Wildman–Crippen MR) is 87.4 cm³/mol. The molecule has 2 N–H and O–H groups in total. The van der Waals surface area contributed by atoms with Gasteiger partial charge < -0.3 is 15.2 Å². The van der Waals surface area contributed by atoms with Crippen molar-refractivity contribution in [3.63, 3.8) is 0 Å². The number of rotatable bonds is 6. The number of nitrogens with zero attached hydrogens (tertiary/aromatic N) is 3. The maximum absolute atomic E-state index is 11.1. The van der Waals surface area contributed by atoms with Crippen molar-refractivity contribution < 1.29 is 14.3 Å². The lowest BCUT2D eigenvalue weighted by Crippen LogP contribution is -2.60. The van der Waals surface area contributed by atoms with Crippen LogP contribution in [0.4, 0.5) is 0 Å². The standard InChI is InChI=1S/C17H22N4O3/c18-7-13-1-3-14(4-2-13)23-6-5-20-8-15-10-21(12-17(19)22)11-16(9-20)24-15/h1-4,15-16H,5-6,8-12H2,(H2,19,22). The minimum atomic E-state index is -0.289. The van der Waals surface area contributed by atoms with Crippen LogP contribution in [0.5, 0.6) is 5.75 Å². The highest BCUT2D eigenvalue weighted by Crippen LogP contribution is 2.19. The van der Waals surface area contributed by atoms with Crippen molar-refractivity contribution >= 4 is 5.91 Å². The molecular weight excluding hydrogens is 308 g/mol. The first kappa shape index (κ1) is 16.7. The van der Waals surface area contributed by atoms with Gasteiger partial charge in [-0.1, -0.05) is 0 Å². The van der Waals surface area contributed by atoms with Gasteiger partial charge in [0.2, 0.25) is 5.91 Å². The highest BCUT2D eigenvalue weighted by molar-refractivity contribution is 5.75.